The summed E-state index contributed by atoms with van der Waals surface area (Å²) in [5, 5.41) is 20.4. The van der Waals surface area contributed by atoms with Crippen LogP contribution < -0.4 is 21.7 Å². The lowest BCUT2D eigenvalue weighted by molar-refractivity contribution is 0.893. The van der Waals surface area contributed by atoms with E-state index in [1.165, 1.54) is 0 Å². The van der Waals surface area contributed by atoms with Crippen molar-refractivity contribution in [2.45, 2.75) is 0 Å². The van der Waals surface area contributed by atoms with Gasteiger partial charge in [0.15, 0.2) is 5.96 Å². The Morgan fingerprint density at radius 1 is 0.900 bits per heavy atom. The van der Waals surface area contributed by atoms with Gasteiger partial charge in [0.1, 0.15) is 0 Å². The summed E-state index contributed by atoms with van der Waals surface area (Å²) in [4.78, 5) is 3.46. The van der Waals surface area contributed by atoms with Crippen LogP contribution >= 0.6 is 34.8 Å². The standard InChI is InChI=1S/C21H19Cl3N6/c22-11-7-15-14-9-12(29-13-1-3-16(23)17(24)10-13)2-4-18(14)30-20(15)19(8-11)27-5-6-28-21(25)26/h1-4,7-10,27,29-30H,5-6H2,(H4,25,26,28). The zero-order valence-electron chi connectivity index (χ0n) is 15.7. The molecule has 0 amide bonds. The van der Waals surface area contributed by atoms with E-state index in [1.807, 2.05) is 30.3 Å². The second-order valence-corrected chi connectivity index (χ2v) is 8.03. The van der Waals surface area contributed by atoms with Crippen molar-refractivity contribution >= 4 is 79.6 Å². The normalized spacial score (nSPS) is 11.0. The van der Waals surface area contributed by atoms with Gasteiger partial charge in [-0.1, -0.05) is 34.8 Å². The minimum atomic E-state index is -0.0549. The van der Waals surface area contributed by atoms with Gasteiger partial charge in [-0.05, 0) is 48.5 Å². The summed E-state index contributed by atoms with van der Waals surface area (Å²) in [6, 6.07) is 15.3. The summed E-state index contributed by atoms with van der Waals surface area (Å²) < 4.78 is 0. The van der Waals surface area contributed by atoms with Crippen LogP contribution in [0.15, 0.2) is 48.5 Å². The summed E-state index contributed by atoms with van der Waals surface area (Å²) in [5.74, 6) is -0.0549. The highest BCUT2D eigenvalue weighted by Gasteiger charge is 2.11. The Kier molecular flexibility index (Phi) is 5.81. The summed E-state index contributed by atoms with van der Waals surface area (Å²) >= 11 is 18.5. The molecule has 0 aliphatic carbocycles. The first-order valence-electron chi connectivity index (χ1n) is 9.19. The van der Waals surface area contributed by atoms with Crippen molar-refractivity contribution in [2.24, 2.45) is 5.73 Å². The van der Waals surface area contributed by atoms with Crippen LogP contribution in [-0.4, -0.2) is 24.0 Å². The molecule has 7 N–H and O–H groups in total. The second kappa shape index (κ2) is 8.52. The highest BCUT2D eigenvalue weighted by atomic mass is 35.5. The molecule has 0 spiro atoms. The summed E-state index contributed by atoms with van der Waals surface area (Å²) in [7, 11) is 0. The number of fused-ring (bicyclic) bond motifs is 3. The van der Waals surface area contributed by atoms with Gasteiger partial charge in [-0.15, -0.1) is 0 Å². The van der Waals surface area contributed by atoms with Gasteiger partial charge in [0.05, 0.1) is 21.2 Å². The molecule has 0 unspecified atom stereocenters. The molecule has 4 rings (SSSR count). The number of H-pyrrole nitrogens is 1. The molecule has 0 aliphatic heterocycles. The van der Waals surface area contributed by atoms with Crippen molar-refractivity contribution in [2.75, 3.05) is 23.7 Å². The van der Waals surface area contributed by atoms with Crippen molar-refractivity contribution in [1.29, 1.82) is 5.41 Å². The number of guanidine groups is 1. The SMILES string of the molecule is N=C(N)NCCNc1cc(Cl)cc2c1[nH]c1ccc(Nc3ccc(Cl)c(Cl)c3)cc12. The lowest BCUT2D eigenvalue weighted by Crippen LogP contribution is -2.33. The van der Waals surface area contributed by atoms with E-state index in [9.17, 15) is 0 Å². The molecule has 0 saturated carbocycles. The smallest absolute Gasteiger partial charge is 0.185 e. The third-order valence-electron chi connectivity index (χ3n) is 4.64. The first-order chi connectivity index (χ1) is 14.4. The van der Waals surface area contributed by atoms with Crippen molar-refractivity contribution in [1.82, 2.24) is 10.3 Å². The maximum atomic E-state index is 7.23. The molecule has 0 atom stereocenters. The van der Waals surface area contributed by atoms with Crippen LogP contribution in [0.3, 0.4) is 0 Å². The largest absolute Gasteiger partial charge is 0.382 e. The second-order valence-electron chi connectivity index (χ2n) is 6.78. The Morgan fingerprint density at radius 3 is 2.43 bits per heavy atom. The molecule has 3 aromatic carbocycles. The van der Waals surface area contributed by atoms with E-state index in [-0.39, 0.29) is 5.96 Å². The van der Waals surface area contributed by atoms with E-state index < -0.39 is 0 Å². The Morgan fingerprint density at radius 2 is 1.67 bits per heavy atom. The molecule has 0 aliphatic rings. The van der Waals surface area contributed by atoms with E-state index in [4.69, 9.17) is 45.9 Å². The van der Waals surface area contributed by atoms with Crippen LogP contribution in [0.5, 0.6) is 0 Å². The molecule has 4 aromatic rings. The number of hydrogen-bond acceptors (Lipinski definition) is 3. The van der Waals surface area contributed by atoms with E-state index in [2.05, 4.69) is 27.0 Å². The van der Waals surface area contributed by atoms with Crippen LogP contribution in [0.1, 0.15) is 0 Å². The number of benzene rings is 3. The predicted octanol–water partition coefficient (Wildman–Crippen LogP) is 5.92. The zero-order valence-corrected chi connectivity index (χ0v) is 18.0. The molecule has 30 heavy (non-hydrogen) atoms. The fourth-order valence-electron chi connectivity index (χ4n) is 3.32. The first kappa shape index (κ1) is 20.5. The van der Waals surface area contributed by atoms with Crippen LogP contribution in [-0.2, 0) is 0 Å². The number of aromatic nitrogens is 1. The van der Waals surface area contributed by atoms with Crippen LogP contribution in [0.4, 0.5) is 17.1 Å². The third-order valence-corrected chi connectivity index (χ3v) is 5.59. The minimum absolute atomic E-state index is 0.0549. The van der Waals surface area contributed by atoms with Gasteiger partial charge in [0.25, 0.3) is 0 Å². The quantitative estimate of drug-likeness (QED) is 0.122. The first-order valence-corrected chi connectivity index (χ1v) is 10.3. The van der Waals surface area contributed by atoms with Gasteiger partial charge in [0, 0.05) is 45.8 Å². The number of hydrogen-bond donors (Lipinski definition) is 6. The van der Waals surface area contributed by atoms with Crippen LogP contribution in [0.2, 0.25) is 15.1 Å². The predicted molar refractivity (Wildman–Crippen MR) is 129 cm³/mol. The Bertz CT molecular complexity index is 1250. The van der Waals surface area contributed by atoms with Gasteiger partial charge in [-0.25, -0.2) is 0 Å². The maximum Gasteiger partial charge on any atom is 0.185 e. The topological polar surface area (TPSA) is 102 Å². The average molecular weight is 462 g/mol. The van der Waals surface area contributed by atoms with Crippen molar-refractivity contribution in [3.63, 3.8) is 0 Å². The van der Waals surface area contributed by atoms with Gasteiger partial charge < -0.3 is 26.7 Å². The number of rotatable bonds is 6. The maximum absolute atomic E-state index is 7.23. The minimum Gasteiger partial charge on any atom is -0.382 e. The van der Waals surface area contributed by atoms with E-state index >= 15 is 0 Å². The molecule has 0 fully saturated rings. The van der Waals surface area contributed by atoms with Gasteiger partial charge in [-0.2, -0.15) is 0 Å². The number of nitrogens with one attached hydrogen (secondary N) is 5. The van der Waals surface area contributed by atoms with Gasteiger partial charge >= 0.3 is 0 Å². The molecule has 1 aromatic heterocycles. The van der Waals surface area contributed by atoms with E-state index in [0.717, 1.165) is 38.9 Å². The van der Waals surface area contributed by atoms with Crippen molar-refractivity contribution in [3.8, 4) is 0 Å². The fourth-order valence-corrected chi connectivity index (χ4v) is 3.83. The number of anilines is 3. The molecule has 0 saturated heterocycles. The summed E-state index contributed by atoms with van der Waals surface area (Å²) in [6.45, 7) is 1.12. The lowest BCUT2D eigenvalue weighted by Gasteiger charge is -2.09. The van der Waals surface area contributed by atoms with Crippen molar-refractivity contribution < 1.29 is 0 Å². The summed E-state index contributed by atoms with van der Waals surface area (Å²) in [5.41, 5.74) is 9.93. The highest BCUT2D eigenvalue weighted by molar-refractivity contribution is 6.42. The lowest BCUT2D eigenvalue weighted by atomic mass is 10.1. The molecule has 9 heteroatoms. The average Bonchev–Trinajstić information content (AvgIpc) is 3.06. The molecular formula is C21H19Cl3N6. The third kappa shape index (κ3) is 4.36. The highest BCUT2D eigenvalue weighted by Crippen LogP contribution is 2.35. The molecule has 0 radical (unpaired) electrons. The van der Waals surface area contributed by atoms with Crippen LogP contribution in [0.25, 0.3) is 21.8 Å². The molecule has 0 bridgehead atoms. The number of halogens is 3. The Balaban J connectivity index is 1.66. The monoisotopic (exact) mass is 460 g/mol. The van der Waals surface area contributed by atoms with Gasteiger partial charge in [0.2, 0.25) is 0 Å². The number of nitrogens with two attached hydrogens (primary N) is 1. The zero-order chi connectivity index (χ0) is 21.3. The Hall–Kier alpha value is -2.80. The van der Waals surface area contributed by atoms with E-state index in [0.29, 0.717) is 28.2 Å². The molecule has 1 heterocycles. The molecule has 154 valence electrons. The van der Waals surface area contributed by atoms with E-state index in [1.54, 1.807) is 12.1 Å². The van der Waals surface area contributed by atoms with Crippen LogP contribution in [0, 0.1) is 5.41 Å². The Labute approximate surface area is 188 Å². The van der Waals surface area contributed by atoms with Gasteiger partial charge in [-0.3, -0.25) is 5.41 Å². The molecule has 6 nitrogen and oxygen atoms in total. The molecular weight excluding hydrogens is 443 g/mol. The van der Waals surface area contributed by atoms with Crippen molar-refractivity contribution in [3.05, 3.63) is 63.6 Å². The fraction of sp³-hybridized carbons (Fsp3) is 0.0952. The summed E-state index contributed by atoms with van der Waals surface area (Å²) in [6.07, 6.45) is 0. The number of aromatic amines is 1.